The third-order valence-corrected chi connectivity index (χ3v) is 10.2. The summed E-state index contributed by atoms with van der Waals surface area (Å²) in [7, 11) is 0. The molecule has 0 spiro atoms. The molecule has 0 bridgehead atoms. The first kappa shape index (κ1) is 33.8. The number of hydrogen-bond acceptors (Lipinski definition) is 8. The molecule has 4 aromatic rings. The molecule has 11 heteroatoms. The second-order valence-electron chi connectivity index (χ2n) is 12.2. The lowest BCUT2D eigenvalue weighted by molar-refractivity contribution is -0.141. The Hall–Kier alpha value is -3.59. The van der Waals surface area contributed by atoms with Crippen LogP contribution in [0.1, 0.15) is 41.3 Å². The average molecular weight is 660 g/mol. The Morgan fingerprint density at radius 1 is 1.11 bits per heavy atom. The van der Waals surface area contributed by atoms with Gasteiger partial charge in [-0.3, -0.25) is 29.1 Å². The molecule has 2 saturated heterocycles. The van der Waals surface area contributed by atoms with Gasteiger partial charge in [-0.2, -0.15) is 5.10 Å². The van der Waals surface area contributed by atoms with E-state index in [4.69, 9.17) is 17.3 Å². The highest BCUT2D eigenvalue weighted by atomic mass is 35.5. The topological polar surface area (TPSA) is 109 Å². The Morgan fingerprint density at radius 3 is 2.59 bits per heavy atom. The Balaban J connectivity index is 0.000000190. The van der Waals surface area contributed by atoms with Crippen LogP contribution in [0.4, 0.5) is 0 Å². The summed E-state index contributed by atoms with van der Waals surface area (Å²) in [5, 5.41) is 8.52. The lowest BCUT2D eigenvalue weighted by Gasteiger charge is -2.31. The van der Waals surface area contributed by atoms with Crippen molar-refractivity contribution in [3.63, 3.8) is 0 Å². The number of piperidine rings is 1. The molecular weight excluding hydrogens is 618 g/mol. The minimum absolute atomic E-state index is 0.0167. The molecule has 2 aliphatic heterocycles. The summed E-state index contributed by atoms with van der Waals surface area (Å²) < 4.78 is 3.05. The molecule has 0 radical (unpaired) electrons. The number of nitrogens with zero attached hydrogens (tertiary/aromatic N) is 5. The lowest BCUT2D eigenvalue weighted by Crippen LogP contribution is -2.48. The van der Waals surface area contributed by atoms with E-state index in [9.17, 15) is 9.59 Å². The Morgan fingerprint density at radius 2 is 1.87 bits per heavy atom. The maximum absolute atomic E-state index is 12.3. The second kappa shape index (κ2) is 14.9. The third-order valence-electron chi connectivity index (χ3n) is 8.79. The smallest absolute Gasteiger partial charge is 0.233 e. The van der Waals surface area contributed by atoms with Gasteiger partial charge in [0.15, 0.2) is 0 Å². The molecule has 242 valence electrons. The molecule has 1 aromatic carbocycles. The predicted molar refractivity (Wildman–Crippen MR) is 185 cm³/mol. The van der Waals surface area contributed by atoms with E-state index in [0.29, 0.717) is 17.6 Å². The van der Waals surface area contributed by atoms with Crippen molar-refractivity contribution in [2.75, 3.05) is 26.2 Å². The molecule has 1 aliphatic carbocycles. The van der Waals surface area contributed by atoms with Crippen LogP contribution in [0.5, 0.6) is 0 Å². The number of halogens is 1. The summed E-state index contributed by atoms with van der Waals surface area (Å²) >= 11 is 7.89. The highest BCUT2D eigenvalue weighted by Gasteiger charge is 2.58. The summed E-state index contributed by atoms with van der Waals surface area (Å²) in [6, 6.07) is 8.53. The molecule has 3 fully saturated rings. The molecule has 1 saturated carbocycles. The first-order valence-corrected chi connectivity index (χ1v) is 16.9. The summed E-state index contributed by atoms with van der Waals surface area (Å²) in [6.45, 7) is 12.7. The van der Waals surface area contributed by atoms with Crippen molar-refractivity contribution in [2.24, 2.45) is 17.6 Å². The second-order valence-corrected chi connectivity index (χ2v) is 13.8. The van der Waals surface area contributed by atoms with Gasteiger partial charge in [0.05, 0.1) is 34.8 Å². The van der Waals surface area contributed by atoms with Gasteiger partial charge in [0.1, 0.15) is 0 Å². The zero-order valence-corrected chi connectivity index (χ0v) is 28.3. The van der Waals surface area contributed by atoms with Crippen LogP contribution in [-0.2, 0) is 29.2 Å². The van der Waals surface area contributed by atoms with Crippen LogP contribution in [0.3, 0.4) is 0 Å². The van der Waals surface area contributed by atoms with Crippen LogP contribution >= 0.6 is 22.9 Å². The van der Waals surface area contributed by atoms with Crippen molar-refractivity contribution in [3.8, 4) is 24.0 Å². The minimum atomic E-state index is -0.0577. The van der Waals surface area contributed by atoms with Gasteiger partial charge in [-0.15, -0.1) is 24.2 Å². The van der Waals surface area contributed by atoms with Crippen molar-refractivity contribution in [1.82, 2.24) is 29.9 Å². The van der Waals surface area contributed by atoms with Crippen LogP contribution in [0.2, 0.25) is 5.02 Å². The third kappa shape index (κ3) is 7.51. The fourth-order valence-electron chi connectivity index (χ4n) is 6.21. The van der Waals surface area contributed by atoms with Crippen molar-refractivity contribution in [2.45, 2.75) is 59.3 Å². The van der Waals surface area contributed by atoms with Gasteiger partial charge in [0, 0.05) is 72.2 Å². The van der Waals surface area contributed by atoms with Crippen molar-refractivity contribution in [3.05, 3.63) is 69.4 Å². The number of rotatable bonds is 8. The minimum Gasteiger partial charge on any atom is -0.330 e. The van der Waals surface area contributed by atoms with Gasteiger partial charge >= 0.3 is 0 Å². The zero-order chi connectivity index (χ0) is 33.0. The number of terminal acetylenes is 1. The predicted octanol–water partition coefficient (Wildman–Crippen LogP) is 5.01. The zero-order valence-electron chi connectivity index (χ0n) is 26.7. The Bertz CT molecular complexity index is 1710. The number of benzene rings is 1. The number of hydrogen-bond donors (Lipinski definition) is 2. The first-order valence-electron chi connectivity index (χ1n) is 15.7. The quantitative estimate of drug-likeness (QED) is 0.202. The van der Waals surface area contributed by atoms with Crippen molar-refractivity contribution < 1.29 is 9.59 Å². The molecule has 3 aromatic heterocycles. The van der Waals surface area contributed by atoms with Crippen LogP contribution in [0, 0.1) is 38.5 Å². The monoisotopic (exact) mass is 659 g/mol. The number of aromatic nitrogens is 3. The fourth-order valence-corrected chi connectivity index (χ4v) is 7.62. The number of amides is 2. The van der Waals surface area contributed by atoms with Gasteiger partial charge < -0.3 is 11.1 Å². The number of carbonyl (C=O) groups is 2. The molecule has 3 unspecified atom stereocenters. The number of imide groups is 1. The molecule has 3 atom stereocenters. The van der Waals surface area contributed by atoms with Crippen LogP contribution in [-0.4, -0.2) is 68.6 Å². The highest BCUT2D eigenvalue weighted by Crippen LogP contribution is 2.48. The van der Waals surface area contributed by atoms with Crippen LogP contribution in [0.15, 0.2) is 42.9 Å². The van der Waals surface area contributed by atoms with E-state index in [2.05, 4.69) is 60.1 Å². The number of likely N-dealkylation sites (tertiary alicyclic amines) is 1. The normalized spacial score (nSPS) is 20.6. The molecular formula is C35H42ClN7O2S. The molecule has 2 amide bonds. The maximum Gasteiger partial charge on any atom is 0.233 e. The number of fused-ring (bicyclic) bond motifs is 2. The molecule has 5 heterocycles. The summed E-state index contributed by atoms with van der Waals surface area (Å²) in [5.74, 6) is -0.149. The SMILES string of the molecule is C#C.CC1CN(Cc2cnn(CCCN)c2)CCN1.Cc1cc(Cl)cc(-c2ccnc3cc(CN4C(=O)C5CC5C4=O)sc23)c1C. The van der Waals surface area contributed by atoms with E-state index in [0.717, 1.165) is 83.9 Å². The van der Waals surface area contributed by atoms with Gasteiger partial charge in [-0.05, 0) is 81.1 Å². The average Bonchev–Trinajstić information content (AvgIpc) is 3.44. The molecule has 46 heavy (non-hydrogen) atoms. The Labute approximate surface area is 280 Å². The van der Waals surface area contributed by atoms with E-state index in [-0.39, 0.29) is 23.7 Å². The largest absolute Gasteiger partial charge is 0.330 e. The summed E-state index contributed by atoms with van der Waals surface area (Å²) in [4.78, 5) is 33.9. The standard InChI is InChI=1S/C21H17ClN2O2S.C12H23N5.C2H2/c1-10-5-12(22)6-15(11(10)2)14-3-4-23-18-7-13(27-19(14)18)9-24-20(25)16-8-17(16)21(24)26;1-11-8-16(6-4-14-11)9-12-7-15-17(10-12)5-2-3-13;1-2/h3-7,16-17H,8-9H2,1-2H3;7,10-11,14H,2-6,8-9,13H2,1H3;1-2H. The van der Waals surface area contributed by atoms with E-state index in [1.54, 1.807) is 17.5 Å². The number of nitrogens with one attached hydrogen (secondary N) is 1. The number of nitrogens with two attached hydrogens (primary N) is 1. The molecule has 9 nitrogen and oxygen atoms in total. The number of piperazine rings is 1. The van der Waals surface area contributed by atoms with E-state index >= 15 is 0 Å². The van der Waals surface area contributed by atoms with Crippen LogP contribution in [0.25, 0.3) is 21.3 Å². The molecule has 3 aliphatic rings. The van der Waals surface area contributed by atoms with Gasteiger partial charge in [-0.1, -0.05) is 11.6 Å². The maximum atomic E-state index is 12.3. The van der Waals surface area contributed by atoms with Gasteiger partial charge in [-0.25, -0.2) is 0 Å². The van der Waals surface area contributed by atoms with E-state index < -0.39 is 0 Å². The molecule has 3 N–H and O–H groups in total. The van der Waals surface area contributed by atoms with E-state index in [1.807, 2.05) is 35.1 Å². The number of pyridine rings is 1. The lowest BCUT2D eigenvalue weighted by atomic mass is 9.97. The van der Waals surface area contributed by atoms with Crippen molar-refractivity contribution >= 4 is 45.0 Å². The fraction of sp³-hybridized carbons (Fsp3) is 0.429. The van der Waals surface area contributed by atoms with Gasteiger partial charge in [0.2, 0.25) is 11.8 Å². The number of thiophene rings is 1. The van der Waals surface area contributed by atoms with Crippen LogP contribution < -0.4 is 11.1 Å². The summed E-state index contributed by atoms with van der Waals surface area (Å²) in [5.41, 5.74) is 12.2. The van der Waals surface area contributed by atoms with Crippen molar-refractivity contribution in [1.29, 1.82) is 0 Å². The number of carbonyl (C=O) groups excluding carboxylic acids is 2. The highest BCUT2D eigenvalue weighted by molar-refractivity contribution is 7.19. The molecule has 7 rings (SSSR count). The first-order chi connectivity index (χ1) is 22.2. The number of aryl methyl sites for hydroxylation is 2. The van der Waals surface area contributed by atoms with E-state index in [1.165, 1.54) is 16.0 Å². The Kier molecular flexibility index (Phi) is 10.9. The summed E-state index contributed by atoms with van der Waals surface area (Å²) in [6.07, 6.45) is 15.6. The van der Waals surface area contributed by atoms with Gasteiger partial charge in [0.25, 0.3) is 0 Å².